The zero-order chi connectivity index (χ0) is 13.4. The van der Waals surface area contributed by atoms with Crippen LogP contribution in [0.2, 0.25) is 0 Å². The summed E-state index contributed by atoms with van der Waals surface area (Å²) in [4.78, 5) is 0. The highest BCUT2D eigenvalue weighted by Crippen LogP contribution is 2.42. The molecule has 0 radical (unpaired) electrons. The lowest BCUT2D eigenvalue weighted by Crippen LogP contribution is -2.56. The van der Waals surface area contributed by atoms with E-state index >= 15 is 0 Å². The van der Waals surface area contributed by atoms with Crippen LogP contribution in [-0.4, -0.2) is 29.3 Å². The zero-order valence-electron chi connectivity index (χ0n) is 11.4. The average Bonchev–Trinajstić information content (AvgIpc) is 2.12. The SMILES string of the molecule is CN(SC(C)(C)C)C1(c2cccc(Br)c2)COC1. The number of benzene rings is 1. The summed E-state index contributed by atoms with van der Waals surface area (Å²) in [6.45, 7) is 8.25. The van der Waals surface area contributed by atoms with Gasteiger partial charge in [0.15, 0.2) is 0 Å². The number of rotatable bonds is 3. The second-order valence-corrected chi connectivity index (χ2v) is 8.61. The molecule has 1 heterocycles. The maximum atomic E-state index is 5.50. The minimum atomic E-state index is 0.0156. The van der Waals surface area contributed by atoms with E-state index in [1.807, 2.05) is 11.9 Å². The Morgan fingerprint density at radius 2 is 2.00 bits per heavy atom. The topological polar surface area (TPSA) is 12.5 Å². The second kappa shape index (κ2) is 5.16. The van der Waals surface area contributed by atoms with Crippen LogP contribution < -0.4 is 0 Å². The van der Waals surface area contributed by atoms with E-state index in [-0.39, 0.29) is 10.3 Å². The Balaban J connectivity index is 2.25. The normalized spacial score (nSPS) is 18.8. The quantitative estimate of drug-likeness (QED) is 0.776. The fraction of sp³-hybridized carbons (Fsp3) is 0.571. The number of hydrogen-bond donors (Lipinski definition) is 0. The number of hydrogen-bond acceptors (Lipinski definition) is 3. The van der Waals surface area contributed by atoms with Gasteiger partial charge in [-0.2, -0.15) is 0 Å². The molecule has 0 N–H and O–H groups in total. The van der Waals surface area contributed by atoms with Crippen molar-refractivity contribution < 1.29 is 4.74 Å². The first-order chi connectivity index (χ1) is 8.33. The molecule has 0 atom stereocenters. The molecule has 0 bridgehead atoms. The van der Waals surface area contributed by atoms with E-state index in [0.29, 0.717) is 0 Å². The van der Waals surface area contributed by atoms with Crippen LogP contribution in [0.4, 0.5) is 0 Å². The first-order valence-electron chi connectivity index (χ1n) is 6.10. The van der Waals surface area contributed by atoms with Crippen LogP contribution in [-0.2, 0) is 10.3 Å². The van der Waals surface area contributed by atoms with Crippen molar-refractivity contribution in [2.75, 3.05) is 20.3 Å². The molecule has 1 saturated heterocycles. The molecule has 0 saturated carbocycles. The molecule has 2 rings (SSSR count). The standard InChI is InChI=1S/C14H20BrNOS/c1-13(2,3)18-16(4)14(9-17-10-14)11-6-5-7-12(15)8-11/h5-8H,9-10H2,1-4H3. The Morgan fingerprint density at radius 3 is 2.44 bits per heavy atom. The van der Waals surface area contributed by atoms with E-state index in [1.54, 1.807) is 0 Å². The number of nitrogens with zero attached hydrogens (tertiary/aromatic N) is 1. The lowest BCUT2D eigenvalue weighted by atomic mass is 9.88. The molecule has 1 fully saturated rings. The van der Waals surface area contributed by atoms with Crippen LogP contribution in [0.3, 0.4) is 0 Å². The first kappa shape index (κ1) is 14.4. The van der Waals surface area contributed by atoms with Crippen molar-refractivity contribution in [1.29, 1.82) is 0 Å². The van der Waals surface area contributed by atoms with E-state index in [2.05, 4.69) is 72.3 Å². The van der Waals surface area contributed by atoms with Crippen molar-refractivity contribution in [3.63, 3.8) is 0 Å². The summed E-state index contributed by atoms with van der Waals surface area (Å²) in [5.74, 6) is 0. The van der Waals surface area contributed by atoms with Gasteiger partial charge in [-0.15, -0.1) is 0 Å². The number of likely N-dealkylation sites (N-methyl/N-ethyl adjacent to an activating group) is 1. The summed E-state index contributed by atoms with van der Waals surface area (Å²) in [7, 11) is 2.17. The molecule has 0 unspecified atom stereocenters. The van der Waals surface area contributed by atoms with Crippen LogP contribution in [0.15, 0.2) is 28.7 Å². The summed E-state index contributed by atoms with van der Waals surface area (Å²) in [5.41, 5.74) is 1.34. The Kier molecular flexibility index (Phi) is 4.12. The van der Waals surface area contributed by atoms with Gasteiger partial charge in [-0.25, -0.2) is 4.31 Å². The van der Waals surface area contributed by atoms with Crippen molar-refractivity contribution in [3.8, 4) is 0 Å². The van der Waals surface area contributed by atoms with E-state index in [1.165, 1.54) is 5.56 Å². The van der Waals surface area contributed by atoms with E-state index in [4.69, 9.17) is 4.74 Å². The zero-order valence-corrected chi connectivity index (χ0v) is 13.8. The average molecular weight is 330 g/mol. The molecule has 1 aliphatic heterocycles. The van der Waals surface area contributed by atoms with E-state index in [9.17, 15) is 0 Å². The molecular weight excluding hydrogens is 310 g/mol. The summed E-state index contributed by atoms with van der Waals surface area (Å²) in [6.07, 6.45) is 0. The van der Waals surface area contributed by atoms with Gasteiger partial charge >= 0.3 is 0 Å². The summed E-state index contributed by atoms with van der Waals surface area (Å²) in [6, 6.07) is 8.54. The highest BCUT2D eigenvalue weighted by atomic mass is 79.9. The Morgan fingerprint density at radius 1 is 1.33 bits per heavy atom. The highest BCUT2D eigenvalue weighted by Gasteiger charge is 2.45. The lowest BCUT2D eigenvalue weighted by molar-refractivity contribution is -0.107. The van der Waals surface area contributed by atoms with Crippen molar-refractivity contribution >= 4 is 27.9 Å². The van der Waals surface area contributed by atoms with Crippen LogP contribution in [0, 0.1) is 0 Å². The lowest BCUT2D eigenvalue weighted by Gasteiger charge is -2.49. The third kappa shape index (κ3) is 2.93. The molecular formula is C14H20BrNOS. The van der Waals surface area contributed by atoms with Gasteiger partial charge in [-0.05, 0) is 45.5 Å². The van der Waals surface area contributed by atoms with Gasteiger partial charge in [0.05, 0.1) is 13.2 Å². The molecule has 1 aromatic rings. The minimum Gasteiger partial charge on any atom is -0.377 e. The molecule has 2 nitrogen and oxygen atoms in total. The fourth-order valence-corrected chi connectivity index (χ4v) is 3.71. The largest absolute Gasteiger partial charge is 0.377 e. The van der Waals surface area contributed by atoms with Gasteiger partial charge < -0.3 is 4.74 Å². The predicted molar refractivity (Wildman–Crippen MR) is 81.7 cm³/mol. The highest BCUT2D eigenvalue weighted by molar-refractivity contribution is 9.10. The third-order valence-corrected chi connectivity index (χ3v) is 4.72. The number of ether oxygens (including phenoxy) is 1. The van der Waals surface area contributed by atoms with Gasteiger partial charge in [0, 0.05) is 9.22 Å². The van der Waals surface area contributed by atoms with Crippen LogP contribution in [0.1, 0.15) is 26.3 Å². The van der Waals surface area contributed by atoms with Gasteiger partial charge in [0.1, 0.15) is 5.54 Å². The maximum absolute atomic E-state index is 5.50. The molecule has 0 amide bonds. The summed E-state index contributed by atoms with van der Waals surface area (Å²) >= 11 is 5.43. The molecule has 1 aromatic carbocycles. The molecule has 100 valence electrons. The summed E-state index contributed by atoms with van der Waals surface area (Å²) in [5, 5.41) is 0. The maximum Gasteiger partial charge on any atom is 0.102 e. The number of halogens is 1. The van der Waals surface area contributed by atoms with Crippen LogP contribution in [0.5, 0.6) is 0 Å². The van der Waals surface area contributed by atoms with Crippen molar-refractivity contribution in [1.82, 2.24) is 4.31 Å². The smallest absolute Gasteiger partial charge is 0.102 e. The van der Waals surface area contributed by atoms with Gasteiger partial charge in [0.2, 0.25) is 0 Å². The molecule has 1 aliphatic rings. The van der Waals surface area contributed by atoms with Crippen molar-refractivity contribution in [2.24, 2.45) is 0 Å². The monoisotopic (exact) mass is 329 g/mol. The molecule has 18 heavy (non-hydrogen) atoms. The first-order valence-corrected chi connectivity index (χ1v) is 7.67. The van der Waals surface area contributed by atoms with Gasteiger partial charge in [0.25, 0.3) is 0 Å². The van der Waals surface area contributed by atoms with Crippen molar-refractivity contribution in [3.05, 3.63) is 34.3 Å². The Labute approximate surface area is 122 Å². The van der Waals surface area contributed by atoms with Gasteiger partial charge in [-0.3, -0.25) is 0 Å². The third-order valence-electron chi connectivity index (χ3n) is 3.06. The predicted octanol–water partition coefficient (Wildman–Crippen LogP) is 4.05. The summed E-state index contributed by atoms with van der Waals surface area (Å²) < 4.78 is 9.19. The van der Waals surface area contributed by atoms with E-state index in [0.717, 1.165) is 17.7 Å². The van der Waals surface area contributed by atoms with E-state index < -0.39 is 0 Å². The molecule has 4 heteroatoms. The minimum absolute atomic E-state index is 0.0156. The molecule has 0 aliphatic carbocycles. The molecule has 0 spiro atoms. The van der Waals surface area contributed by atoms with Gasteiger partial charge in [-0.1, -0.05) is 40.0 Å². The fourth-order valence-electron chi connectivity index (χ4n) is 2.10. The Bertz CT molecular complexity index is 426. The van der Waals surface area contributed by atoms with Crippen molar-refractivity contribution in [2.45, 2.75) is 31.1 Å². The second-order valence-electron chi connectivity index (χ2n) is 5.74. The van der Waals surface area contributed by atoms with Crippen LogP contribution >= 0.6 is 27.9 Å². The Hall–Kier alpha value is -0.0300. The van der Waals surface area contributed by atoms with Crippen LogP contribution in [0.25, 0.3) is 0 Å². The molecule has 0 aromatic heterocycles.